The van der Waals surface area contributed by atoms with Crippen molar-refractivity contribution >= 4 is 15.5 Å². The van der Waals surface area contributed by atoms with E-state index in [0.29, 0.717) is 5.37 Å². The molecule has 0 aliphatic rings. The Kier molecular flexibility index (Phi) is 4.01. The van der Waals surface area contributed by atoms with Crippen LogP contribution in [0.15, 0.2) is 0 Å². The fraction of sp³-hybridized carbons (Fsp3) is 0.800. The maximum atomic E-state index is 11.5. The minimum absolute atomic E-state index is 0.521. The molecule has 1 unspecified atom stereocenters. The van der Waals surface area contributed by atoms with Crippen LogP contribution in [0.2, 0.25) is 0 Å². The van der Waals surface area contributed by atoms with Crippen LogP contribution in [0, 0.1) is 0 Å². The first-order chi connectivity index (χ1) is 5.27. The molecule has 0 radical (unpaired) electrons. The SMILES string of the molecule is COS(=O)(O)=CCCC(F)(F)F. The second-order valence-corrected chi connectivity index (χ2v) is 3.70. The third-order valence-electron chi connectivity index (χ3n) is 0.995. The molecule has 0 amide bonds. The quantitative estimate of drug-likeness (QED) is 0.711. The molecule has 0 rings (SSSR count). The molecule has 1 N–H and O–H groups in total. The van der Waals surface area contributed by atoms with Crippen molar-refractivity contribution in [3.8, 4) is 0 Å². The van der Waals surface area contributed by atoms with E-state index in [-0.39, 0.29) is 0 Å². The maximum Gasteiger partial charge on any atom is 0.389 e. The molecule has 0 aromatic rings. The fourth-order valence-electron chi connectivity index (χ4n) is 0.440. The second kappa shape index (κ2) is 4.11. The molecule has 0 aromatic heterocycles. The van der Waals surface area contributed by atoms with Gasteiger partial charge in [-0.05, 0) is 6.42 Å². The van der Waals surface area contributed by atoms with E-state index in [1.54, 1.807) is 0 Å². The molecule has 0 bridgehead atoms. The van der Waals surface area contributed by atoms with Crippen LogP contribution in [0.25, 0.3) is 0 Å². The van der Waals surface area contributed by atoms with Gasteiger partial charge in [0.05, 0.1) is 7.11 Å². The van der Waals surface area contributed by atoms with Gasteiger partial charge in [-0.2, -0.15) is 13.2 Å². The van der Waals surface area contributed by atoms with Crippen molar-refractivity contribution in [2.75, 3.05) is 7.11 Å². The molecular formula is C5H9F3O3S. The Labute approximate surface area is 68.6 Å². The summed E-state index contributed by atoms with van der Waals surface area (Å²) in [6.07, 6.45) is -5.94. The molecular weight excluding hydrogens is 197 g/mol. The van der Waals surface area contributed by atoms with Crippen LogP contribution in [-0.4, -0.2) is 27.4 Å². The Morgan fingerprint density at radius 3 is 2.42 bits per heavy atom. The number of rotatable bonds is 3. The Morgan fingerprint density at radius 1 is 1.58 bits per heavy atom. The van der Waals surface area contributed by atoms with Crippen LogP contribution in [0.5, 0.6) is 0 Å². The molecule has 0 aliphatic heterocycles. The number of halogens is 3. The van der Waals surface area contributed by atoms with Gasteiger partial charge in [0, 0.05) is 11.8 Å². The van der Waals surface area contributed by atoms with Crippen LogP contribution in [-0.2, 0) is 14.3 Å². The van der Waals surface area contributed by atoms with Crippen LogP contribution in [0.3, 0.4) is 0 Å². The Bertz CT molecular complexity index is 239. The van der Waals surface area contributed by atoms with Gasteiger partial charge in [-0.15, -0.1) is 0 Å². The van der Waals surface area contributed by atoms with E-state index in [2.05, 4.69) is 4.18 Å². The van der Waals surface area contributed by atoms with E-state index in [1.807, 2.05) is 0 Å². The van der Waals surface area contributed by atoms with Crippen molar-refractivity contribution in [2.45, 2.75) is 19.0 Å². The number of hydrogen-bond donors (Lipinski definition) is 1. The molecule has 0 spiro atoms. The van der Waals surface area contributed by atoms with Gasteiger partial charge in [-0.3, -0.25) is 8.74 Å². The predicted molar refractivity (Wildman–Crippen MR) is 39.1 cm³/mol. The van der Waals surface area contributed by atoms with Crippen molar-refractivity contribution in [1.82, 2.24) is 0 Å². The zero-order valence-corrected chi connectivity index (χ0v) is 7.11. The van der Waals surface area contributed by atoms with Crippen LogP contribution in [0.4, 0.5) is 13.2 Å². The van der Waals surface area contributed by atoms with E-state index in [0.717, 1.165) is 7.11 Å². The largest absolute Gasteiger partial charge is 0.389 e. The first-order valence-corrected chi connectivity index (χ1v) is 4.49. The number of hydrogen-bond acceptors (Lipinski definition) is 2. The van der Waals surface area contributed by atoms with Gasteiger partial charge < -0.3 is 0 Å². The van der Waals surface area contributed by atoms with Gasteiger partial charge in [0.1, 0.15) is 0 Å². The van der Waals surface area contributed by atoms with E-state index in [4.69, 9.17) is 4.55 Å². The van der Waals surface area contributed by atoms with E-state index >= 15 is 0 Å². The normalized spacial score (nSPS) is 17.1. The molecule has 0 aromatic carbocycles. The molecule has 0 saturated carbocycles. The average Bonchev–Trinajstić information content (AvgIpc) is 1.84. The Balaban J connectivity index is 4.00. The highest BCUT2D eigenvalue weighted by molar-refractivity contribution is 7.91. The average molecular weight is 206 g/mol. The zero-order chi connectivity index (χ0) is 9.83. The Hall–Kier alpha value is -0.270. The summed E-state index contributed by atoms with van der Waals surface area (Å²) in [7, 11) is -2.67. The van der Waals surface area contributed by atoms with Crippen molar-refractivity contribution in [3.05, 3.63) is 0 Å². The molecule has 1 atom stereocenters. The molecule has 12 heavy (non-hydrogen) atoms. The molecule has 74 valence electrons. The van der Waals surface area contributed by atoms with Crippen LogP contribution >= 0.6 is 0 Å². The van der Waals surface area contributed by atoms with E-state index in [9.17, 15) is 17.4 Å². The third-order valence-corrected chi connectivity index (χ3v) is 2.13. The lowest BCUT2D eigenvalue weighted by molar-refractivity contribution is -0.132. The minimum atomic E-state index is -4.31. The third kappa shape index (κ3) is 6.44. The minimum Gasteiger partial charge on any atom is -0.294 e. The summed E-state index contributed by atoms with van der Waals surface area (Å²) in [6, 6.07) is 0. The molecule has 3 nitrogen and oxygen atoms in total. The topological polar surface area (TPSA) is 46.5 Å². The van der Waals surface area contributed by atoms with Gasteiger partial charge in [-0.1, -0.05) is 0 Å². The van der Waals surface area contributed by atoms with Crippen molar-refractivity contribution in [3.63, 3.8) is 0 Å². The van der Waals surface area contributed by atoms with Gasteiger partial charge >= 0.3 is 6.18 Å². The summed E-state index contributed by atoms with van der Waals surface area (Å²) in [4.78, 5) is 0. The first kappa shape index (κ1) is 11.7. The summed E-state index contributed by atoms with van der Waals surface area (Å²) in [5, 5.41) is 0.612. The zero-order valence-electron chi connectivity index (χ0n) is 6.30. The molecule has 0 heterocycles. The lowest BCUT2D eigenvalue weighted by Crippen LogP contribution is -2.10. The van der Waals surface area contributed by atoms with Crippen LogP contribution < -0.4 is 0 Å². The molecule has 0 fully saturated rings. The summed E-state index contributed by atoms with van der Waals surface area (Å²) in [6.45, 7) is 0. The predicted octanol–water partition coefficient (Wildman–Crippen LogP) is 1.45. The van der Waals surface area contributed by atoms with E-state index in [1.165, 1.54) is 0 Å². The molecule has 0 aliphatic carbocycles. The lowest BCUT2D eigenvalue weighted by atomic mass is 10.3. The monoisotopic (exact) mass is 206 g/mol. The smallest absolute Gasteiger partial charge is 0.294 e. The molecule has 0 saturated heterocycles. The fourth-order valence-corrected chi connectivity index (χ4v) is 0.991. The van der Waals surface area contributed by atoms with Gasteiger partial charge in [0.25, 0.3) is 0 Å². The van der Waals surface area contributed by atoms with Gasteiger partial charge in [-0.25, -0.2) is 4.21 Å². The second-order valence-electron chi connectivity index (χ2n) is 2.00. The van der Waals surface area contributed by atoms with Crippen molar-refractivity contribution in [1.29, 1.82) is 0 Å². The number of alkyl halides is 3. The van der Waals surface area contributed by atoms with Crippen molar-refractivity contribution < 1.29 is 26.1 Å². The van der Waals surface area contributed by atoms with Crippen LogP contribution in [0.1, 0.15) is 12.8 Å². The first-order valence-electron chi connectivity index (χ1n) is 2.99. The van der Waals surface area contributed by atoms with E-state index < -0.39 is 29.1 Å². The summed E-state index contributed by atoms with van der Waals surface area (Å²) in [5.74, 6) is 0. The summed E-state index contributed by atoms with van der Waals surface area (Å²) >= 11 is 0. The van der Waals surface area contributed by atoms with Gasteiger partial charge in [0.15, 0.2) is 10.1 Å². The van der Waals surface area contributed by atoms with Crippen molar-refractivity contribution in [2.24, 2.45) is 0 Å². The highest BCUT2D eigenvalue weighted by Gasteiger charge is 2.25. The highest BCUT2D eigenvalue weighted by atomic mass is 32.2. The lowest BCUT2D eigenvalue weighted by Gasteiger charge is -2.03. The maximum absolute atomic E-state index is 11.5. The highest BCUT2D eigenvalue weighted by Crippen LogP contribution is 2.20. The van der Waals surface area contributed by atoms with Gasteiger partial charge in [0.2, 0.25) is 0 Å². The summed E-state index contributed by atoms with van der Waals surface area (Å²) < 4.78 is 57.7. The Morgan fingerprint density at radius 2 is 2.08 bits per heavy atom. The standard InChI is InChI=1S/C5H9F3O3S/c1-11-12(9,10)4-2-3-5(6,7)8/h4H,2-3H2,1H3,(H,9,10). The summed E-state index contributed by atoms with van der Waals surface area (Å²) in [5.41, 5.74) is 0. The molecule has 7 heteroatoms.